The van der Waals surface area contributed by atoms with Crippen molar-refractivity contribution >= 4 is 24.0 Å². The molecule has 46 heavy (non-hydrogen) atoms. The maximum absolute atomic E-state index is 12.9. The molecule has 0 N–H and O–H groups in total. The van der Waals surface area contributed by atoms with Crippen molar-refractivity contribution in [3.05, 3.63) is 120 Å². The summed E-state index contributed by atoms with van der Waals surface area (Å²) in [5.41, 5.74) is 1.79. The first-order chi connectivity index (χ1) is 22.3. The number of carbonyl (C=O) groups is 4. The van der Waals surface area contributed by atoms with Gasteiger partial charge in [-0.1, -0.05) is 67.6 Å². The van der Waals surface area contributed by atoms with Crippen LogP contribution in [-0.2, 0) is 31.9 Å². The third kappa shape index (κ3) is 7.22. The molecule has 5 atom stereocenters. The summed E-state index contributed by atoms with van der Waals surface area (Å²) in [5, 5.41) is 0. The van der Waals surface area contributed by atoms with E-state index in [9.17, 15) is 19.2 Å². The van der Waals surface area contributed by atoms with Crippen LogP contribution in [-0.4, -0.2) is 45.9 Å². The molecule has 2 aliphatic heterocycles. The van der Waals surface area contributed by atoms with Crippen LogP contribution in [0.3, 0.4) is 0 Å². The number of cyclic esters (lactones) is 2. The fourth-order valence-electron chi connectivity index (χ4n) is 5.81. The first-order valence-corrected chi connectivity index (χ1v) is 15.5. The second kappa shape index (κ2) is 14.8. The number of ether oxygens (including phenoxy) is 2. The summed E-state index contributed by atoms with van der Waals surface area (Å²) in [6.07, 6.45) is 2.96. The summed E-state index contributed by atoms with van der Waals surface area (Å²) in [7, 11) is 0. The van der Waals surface area contributed by atoms with Gasteiger partial charge >= 0.3 is 12.2 Å². The Hall–Kier alpha value is -5.12. The zero-order valence-electron chi connectivity index (χ0n) is 26.1. The number of nitrogens with zero attached hydrogens (tertiary/aromatic N) is 2. The van der Waals surface area contributed by atoms with Crippen molar-refractivity contribution in [1.82, 2.24) is 9.80 Å². The monoisotopic (exact) mass is 626 g/mol. The van der Waals surface area contributed by atoms with E-state index >= 15 is 0 Å². The second-order valence-electron chi connectivity index (χ2n) is 11.4. The number of rotatable bonds is 9. The summed E-state index contributed by atoms with van der Waals surface area (Å²) >= 11 is 0. The summed E-state index contributed by atoms with van der Waals surface area (Å²) in [4.78, 5) is 52.0. The van der Waals surface area contributed by atoms with E-state index in [4.69, 9.17) is 18.3 Å². The van der Waals surface area contributed by atoms with Crippen LogP contribution < -0.4 is 0 Å². The quantitative estimate of drug-likeness (QED) is 0.190. The summed E-state index contributed by atoms with van der Waals surface area (Å²) < 4.78 is 21.4. The van der Waals surface area contributed by atoms with Gasteiger partial charge in [-0.15, -0.1) is 0 Å². The maximum atomic E-state index is 12.9. The molecule has 0 spiro atoms. The number of benzene rings is 2. The van der Waals surface area contributed by atoms with Gasteiger partial charge in [-0.25, -0.2) is 19.4 Å². The number of furan rings is 2. The van der Waals surface area contributed by atoms with Gasteiger partial charge in [-0.3, -0.25) is 9.59 Å². The number of carbonyl (C=O) groups excluding carboxylic acids is 4. The minimum Gasteiger partial charge on any atom is -0.469 e. The molecule has 240 valence electrons. The Bertz CT molecular complexity index is 1590. The number of imide groups is 2. The molecule has 0 radical (unpaired) electrons. The normalized spacial score (nSPS) is 21.3. The highest BCUT2D eigenvalue weighted by Crippen LogP contribution is 2.34. The third-order valence-corrected chi connectivity index (χ3v) is 8.34. The molecular formula is C36H38N2O8. The van der Waals surface area contributed by atoms with E-state index in [0.717, 1.165) is 22.6 Å². The van der Waals surface area contributed by atoms with Gasteiger partial charge in [-0.2, -0.15) is 0 Å². The molecule has 10 nitrogen and oxygen atoms in total. The smallest absolute Gasteiger partial charge is 0.417 e. The first kappa shape index (κ1) is 32.3. The van der Waals surface area contributed by atoms with Crippen molar-refractivity contribution in [2.24, 2.45) is 5.92 Å². The van der Waals surface area contributed by atoms with Gasteiger partial charge in [0, 0.05) is 25.2 Å². The lowest BCUT2D eigenvalue weighted by molar-refractivity contribution is -0.133. The molecule has 10 heteroatoms. The van der Waals surface area contributed by atoms with Crippen molar-refractivity contribution in [3.63, 3.8) is 0 Å². The molecule has 0 saturated carbocycles. The molecular weight excluding hydrogens is 588 g/mol. The van der Waals surface area contributed by atoms with Gasteiger partial charge in [0.25, 0.3) is 0 Å². The van der Waals surface area contributed by atoms with E-state index in [-0.39, 0.29) is 36.2 Å². The predicted octanol–water partition coefficient (Wildman–Crippen LogP) is 7.28. The molecule has 0 unspecified atom stereocenters. The Morgan fingerprint density at radius 1 is 0.696 bits per heavy atom. The largest absolute Gasteiger partial charge is 0.469 e. The number of aryl methyl sites for hydroxylation is 1. The van der Waals surface area contributed by atoms with Gasteiger partial charge in [0.05, 0.1) is 24.6 Å². The Morgan fingerprint density at radius 2 is 1.20 bits per heavy atom. The molecule has 2 aliphatic rings. The molecule has 6 rings (SSSR count). The predicted molar refractivity (Wildman–Crippen MR) is 167 cm³/mol. The van der Waals surface area contributed by atoms with Gasteiger partial charge in [0.15, 0.2) is 0 Å². The van der Waals surface area contributed by atoms with Crippen LogP contribution in [0.1, 0.15) is 68.5 Å². The number of hydrogen-bond acceptors (Lipinski definition) is 8. The summed E-state index contributed by atoms with van der Waals surface area (Å²) in [5.74, 6) is 0.723. The molecule has 2 saturated heterocycles. The number of hydrogen-bond donors (Lipinski definition) is 0. The fraction of sp³-hybridized carbons (Fsp3) is 0.333. The molecule has 2 aromatic carbocycles. The molecule has 0 aliphatic carbocycles. The first-order valence-electron chi connectivity index (χ1n) is 15.5. The Morgan fingerprint density at radius 3 is 1.70 bits per heavy atom. The topological polar surface area (TPSA) is 120 Å². The minimum atomic E-state index is -0.578. The van der Waals surface area contributed by atoms with Crippen LogP contribution in [0.2, 0.25) is 0 Å². The van der Waals surface area contributed by atoms with Gasteiger partial charge in [0.1, 0.15) is 23.7 Å². The zero-order chi connectivity index (χ0) is 32.6. The standard InChI is InChI=1S/C19H21NO4.C17H17NO4/c1-3-14(12-16-10-7-11-23-16)18(21)20-13(2)17(24-19(20)22)15-8-5-4-6-9-15;1-12-16(13-6-3-2-4-7-13)22-17(20)18(12)15(19)10-9-14-8-5-11-21-14/h4-11,13-14,17H,3,12H2,1-2H3;2-8,11-12,16H,9-10H2,1H3/t13-,14-,17-;12-,16-/m00/s1. The van der Waals surface area contributed by atoms with E-state index in [0.29, 0.717) is 19.3 Å². The summed E-state index contributed by atoms with van der Waals surface area (Å²) in [6.45, 7) is 5.61. The average Bonchev–Trinajstić information content (AvgIpc) is 3.88. The van der Waals surface area contributed by atoms with E-state index in [1.165, 1.54) is 9.80 Å². The van der Waals surface area contributed by atoms with Gasteiger partial charge in [0.2, 0.25) is 11.8 Å². The highest BCUT2D eigenvalue weighted by molar-refractivity contribution is 5.95. The Balaban J connectivity index is 0.000000182. The average molecular weight is 627 g/mol. The van der Waals surface area contributed by atoms with Crippen molar-refractivity contribution in [1.29, 1.82) is 0 Å². The lowest BCUT2D eigenvalue weighted by atomic mass is 9.97. The molecule has 0 bridgehead atoms. The highest BCUT2D eigenvalue weighted by Gasteiger charge is 2.45. The van der Waals surface area contributed by atoms with Crippen LogP contribution in [0.25, 0.3) is 0 Å². The van der Waals surface area contributed by atoms with Gasteiger partial charge in [-0.05, 0) is 55.7 Å². The molecule has 2 aromatic heterocycles. The fourth-order valence-corrected chi connectivity index (χ4v) is 5.81. The van der Waals surface area contributed by atoms with E-state index < -0.39 is 24.4 Å². The molecule has 4 aromatic rings. The van der Waals surface area contributed by atoms with Crippen molar-refractivity contribution in [2.75, 3.05) is 0 Å². The van der Waals surface area contributed by atoms with Crippen LogP contribution in [0.5, 0.6) is 0 Å². The highest BCUT2D eigenvalue weighted by atomic mass is 16.6. The lowest BCUT2D eigenvalue weighted by Gasteiger charge is -2.23. The lowest BCUT2D eigenvalue weighted by Crippen LogP contribution is -2.42. The van der Waals surface area contributed by atoms with E-state index in [1.54, 1.807) is 24.7 Å². The zero-order valence-corrected chi connectivity index (χ0v) is 26.1. The van der Waals surface area contributed by atoms with Crippen LogP contribution in [0.15, 0.2) is 106 Å². The second-order valence-corrected chi connectivity index (χ2v) is 11.4. The Kier molecular flexibility index (Phi) is 10.4. The van der Waals surface area contributed by atoms with E-state index in [2.05, 4.69) is 0 Å². The maximum Gasteiger partial charge on any atom is 0.417 e. The molecule has 2 fully saturated rings. The molecule has 4 heterocycles. The molecule has 4 amide bonds. The van der Waals surface area contributed by atoms with Crippen LogP contribution in [0.4, 0.5) is 9.59 Å². The van der Waals surface area contributed by atoms with Crippen molar-refractivity contribution < 1.29 is 37.5 Å². The third-order valence-electron chi connectivity index (χ3n) is 8.34. The van der Waals surface area contributed by atoms with Gasteiger partial charge < -0.3 is 18.3 Å². The SMILES string of the molecule is CC[C@@H](Cc1ccco1)C(=O)N1C(=O)O[C@H](c2ccccc2)[C@@H]1C.C[C@H]1[C@@H](c2ccccc2)OC(=O)N1C(=O)CCc1ccco1. The van der Waals surface area contributed by atoms with Crippen LogP contribution in [0, 0.1) is 5.92 Å². The van der Waals surface area contributed by atoms with Crippen molar-refractivity contribution in [3.8, 4) is 0 Å². The van der Waals surface area contributed by atoms with Crippen molar-refractivity contribution in [2.45, 2.75) is 70.7 Å². The number of amides is 4. The van der Waals surface area contributed by atoms with E-state index in [1.807, 2.05) is 93.6 Å². The minimum absolute atomic E-state index is 0.204. The van der Waals surface area contributed by atoms with Crippen LogP contribution >= 0.6 is 0 Å². The Labute approximate surface area is 267 Å². The summed E-state index contributed by atoms with van der Waals surface area (Å²) in [6, 6.07) is 25.5.